The van der Waals surface area contributed by atoms with Gasteiger partial charge in [0.05, 0.1) is 5.56 Å². The fourth-order valence-corrected chi connectivity index (χ4v) is 4.22. The molecule has 0 bridgehead atoms. The summed E-state index contributed by atoms with van der Waals surface area (Å²) in [7, 11) is 0. The van der Waals surface area contributed by atoms with E-state index in [-0.39, 0.29) is 36.7 Å². The van der Waals surface area contributed by atoms with Crippen molar-refractivity contribution < 1.29 is 24.2 Å². The van der Waals surface area contributed by atoms with Crippen LogP contribution >= 0.6 is 0 Å². The van der Waals surface area contributed by atoms with Crippen LogP contribution in [0.4, 0.5) is 5.69 Å². The SMILES string of the molecule is CC(C)(CO)CNC(=O)c1ccc(-c2ccccc2C(=O)Nc2ccc(C(=N)N)cc2)c(C(=O)OCc2ccccc2)c1. The van der Waals surface area contributed by atoms with Gasteiger partial charge in [0.2, 0.25) is 0 Å². The lowest BCUT2D eigenvalue weighted by Crippen LogP contribution is -2.36. The first-order chi connectivity index (χ1) is 20.6. The number of aliphatic hydroxyl groups excluding tert-OH is 1. The summed E-state index contributed by atoms with van der Waals surface area (Å²) >= 11 is 0. The van der Waals surface area contributed by atoms with Crippen LogP contribution in [0.3, 0.4) is 0 Å². The van der Waals surface area contributed by atoms with Crippen LogP contribution < -0.4 is 16.4 Å². The second-order valence-electron chi connectivity index (χ2n) is 10.8. The Morgan fingerprint density at radius 1 is 0.814 bits per heavy atom. The standard InChI is InChI=1S/C34H34N4O5/c1-34(2,21-39)20-37-31(40)24-14-17-27(29(18-24)33(42)43-19-22-8-4-3-5-9-22)26-10-6-7-11-28(26)32(41)38-25-15-12-23(13-16-25)30(35)36/h3-18,39H,19-21H2,1-2H3,(H3,35,36)(H,37,40)(H,38,41). The van der Waals surface area contributed by atoms with Gasteiger partial charge in [-0.25, -0.2) is 4.79 Å². The molecule has 0 aromatic heterocycles. The minimum Gasteiger partial charge on any atom is -0.457 e. The Labute approximate surface area is 250 Å². The number of rotatable bonds is 11. The summed E-state index contributed by atoms with van der Waals surface area (Å²) in [6, 6.07) is 27.3. The van der Waals surface area contributed by atoms with Crippen molar-refractivity contribution >= 4 is 29.3 Å². The Balaban J connectivity index is 1.68. The summed E-state index contributed by atoms with van der Waals surface area (Å²) in [6.45, 7) is 3.79. The molecular weight excluding hydrogens is 544 g/mol. The number of anilines is 1. The van der Waals surface area contributed by atoms with Crippen molar-refractivity contribution in [2.75, 3.05) is 18.5 Å². The minimum atomic E-state index is -0.653. The van der Waals surface area contributed by atoms with Crippen LogP contribution in [0.1, 0.15) is 56.0 Å². The number of amides is 2. The molecule has 4 aromatic rings. The summed E-state index contributed by atoms with van der Waals surface area (Å²) < 4.78 is 5.64. The van der Waals surface area contributed by atoms with Crippen LogP contribution in [0.15, 0.2) is 97.1 Å². The second-order valence-corrected chi connectivity index (χ2v) is 10.8. The fourth-order valence-electron chi connectivity index (χ4n) is 4.22. The van der Waals surface area contributed by atoms with E-state index in [4.69, 9.17) is 15.9 Å². The van der Waals surface area contributed by atoms with Gasteiger partial charge < -0.3 is 26.2 Å². The summed E-state index contributed by atoms with van der Waals surface area (Å²) in [6.07, 6.45) is 0. The van der Waals surface area contributed by atoms with Crippen molar-refractivity contribution in [1.29, 1.82) is 5.41 Å². The van der Waals surface area contributed by atoms with Gasteiger partial charge in [0.25, 0.3) is 11.8 Å². The molecule has 4 rings (SSSR count). The first-order valence-electron chi connectivity index (χ1n) is 13.7. The molecule has 0 aliphatic rings. The van der Waals surface area contributed by atoms with Gasteiger partial charge in [0.15, 0.2) is 0 Å². The molecule has 0 saturated carbocycles. The highest BCUT2D eigenvalue weighted by atomic mass is 16.5. The third-order valence-electron chi connectivity index (χ3n) is 6.79. The van der Waals surface area contributed by atoms with Crippen LogP contribution in [-0.4, -0.2) is 41.9 Å². The highest BCUT2D eigenvalue weighted by Gasteiger charge is 2.23. The monoisotopic (exact) mass is 578 g/mol. The van der Waals surface area contributed by atoms with Crippen molar-refractivity contribution in [3.05, 3.63) is 125 Å². The van der Waals surface area contributed by atoms with Crippen LogP contribution in [-0.2, 0) is 11.3 Å². The van der Waals surface area contributed by atoms with E-state index >= 15 is 0 Å². The average Bonchev–Trinajstić information content (AvgIpc) is 3.03. The first-order valence-corrected chi connectivity index (χ1v) is 13.7. The predicted molar refractivity (Wildman–Crippen MR) is 166 cm³/mol. The maximum absolute atomic E-state index is 13.5. The van der Waals surface area contributed by atoms with Crippen molar-refractivity contribution in [1.82, 2.24) is 5.32 Å². The number of hydrogen-bond donors (Lipinski definition) is 5. The molecule has 0 saturated heterocycles. The first kappa shape index (κ1) is 30.7. The zero-order valence-electron chi connectivity index (χ0n) is 24.0. The quantitative estimate of drug-likeness (QED) is 0.0959. The molecule has 9 nitrogen and oxygen atoms in total. The number of nitrogens with two attached hydrogens (primary N) is 1. The highest BCUT2D eigenvalue weighted by molar-refractivity contribution is 6.11. The normalized spacial score (nSPS) is 11.0. The molecule has 0 fully saturated rings. The number of hydrogen-bond acceptors (Lipinski definition) is 6. The summed E-state index contributed by atoms with van der Waals surface area (Å²) in [4.78, 5) is 39.9. The molecule has 9 heteroatoms. The number of nitrogen functional groups attached to an aromatic ring is 1. The molecule has 0 unspecified atom stereocenters. The molecule has 0 radical (unpaired) electrons. The van der Waals surface area contributed by atoms with E-state index in [1.165, 1.54) is 6.07 Å². The summed E-state index contributed by atoms with van der Waals surface area (Å²) in [5.41, 5.74) is 8.39. The maximum atomic E-state index is 13.5. The molecule has 0 aliphatic carbocycles. The van der Waals surface area contributed by atoms with Crippen molar-refractivity contribution in [2.45, 2.75) is 20.5 Å². The number of carbonyl (C=O) groups excluding carboxylic acids is 3. The molecule has 43 heavy (non-hydrogen) atoms. The van der Waals surface area contributed by atoms with Gasteiger partial charge in [-0.3, -0.25) is 15.0 Å². The largest absolute Gasteiger partial charge is 0.457 e. The number of esters is 1. The molecule has 0 heterocycles. The van der Waals surface area contributed by atoms with E-state index in [1.807, 2.05) is 44.2 Å². The zero-order chi connectivity index (χ0) is 31.0. The molecule has 6 N–H and O–H groups in total. The number of nitrogens with one attached hydrogen (secondary N) is 3. The van der Waals surface area contributed by atoms with E-state index in [1.54, 1.807) is 60.7 Å². The van der Waals surface area contributed by atoms with Crippen LogP contribution in [0, 0.1) is 10.8 Å². The molecule has 0 spiro atoms. The van der Waals surface area contributed by atoms with Gasteiger partial charge in [-0.1, -0.05) is 68.4 Å². The van der Waals surface area contributed by atoms with Gasteiger partial charge in [-0.05, 0) is 59.2 Å². The van der Waals surface area contributed by atoms with Crippen LogP contribution in [0.2, 0.25) is 0 Å². The second kappa shape index (κ2) is 13.6. The number of ether oxygens (including phenoxy) is 1. The zero-order valence-corrected chi connectivity index (χ0v) is 24.0. The Morgan fingerprint density at radius 2 is 1.44 bits per heavy atom. The van der Waals surface area contributed by atoms with E-state index in [2.05, 4.69) is 10.6 Å². The van der Waals surface area contributed by atoms with Gasteiger partial charge in [-0.15, -0.1) is 0 Å². The van der Waals surface area contributed by atoms with Gasteiger partial charge in [-0.2, -0.15) is 0 Å². The fraction of sp³-hybridized carbons (Fsp3) is 0.176. The maximum Gasteiger partial charge on any atom is 0.339 e. The number of carbonyl (C=O) groups is 3. The van der Waals surface area contributed by atoms with Crippen molar-refractivity contribution in [3.8, 4) is 11.1 Å². The lowest BCUT2D eigenvalue weighted by molar-refractivity contribution is 0.0473. The van der Waals surface area contributed by atoms with Crippen LogP contribution in [0.25, 0.3) is 11.1 Å². The van der Waals surface area contributed by atoms with Crippen LogP contribution in [0.5, 0.6) is 0 Å². The van der Waals surface area contributed by atoms with E-state index in [9.17, 15) is 19.5 Å². The number of amidine groups is 1. The van der Waals surface area contributed by atoms with Gasteiger partial charge >= 0.3 is 5.97 Å². The molecular formula is C34H34N4O5. The number of aliphatic hydroxyl groups is 1. The van der Waals surface area contributed by atoms with E-state index in [0.717, 1.165) is 5.56 Å². The minimum absolute atomic E-state index is 0.0264. The van der Waals surface area contributed by atoms with Gasteiger partial charge in [0, 0.05) is 40.9 Å². The lowest BCUT2D eigenvalue weighted by atomic mass is 9.92. The average molecular weight is 579 g/mol. The Kier molecular flexibility index (Phi) is 9.69. The highest BCUT2D eigenvalue weighted by Crippen LogP contribution is 2.30. The number of benzene rings is 4. The third kappa shape index (κ3) is 7.93. The van der Waals surface area contributed by atoms with Gasteiger partial charge in [0.1, 0.15) is 12.4 Å². The Bertz CT molecular complexity index is 1630. The van der Waals surface area contributed by atoms with Crippen molar-refractivity contribution in [2.24, 2.45) is 11.1 Å². The smallest absolute Gasteiger partial charge is 0.339 e. The van der Waals surface area contributed by atoms with Crippen molar-refractivity contribution in [3.63, 3.8) is 0 Å². The molecule has 4 aromatic carbocycles. The van der Waals surface area contributed by atoms with E-state index < -0.39 is 23.2 Å². The third-order valence-corrected chi connectivity index (χ3v) is 6.79. The summed E-state index contributed by atoms with van der Waals surface area (Å²) in [5, 5.41) is 22.8. The predicted octanol–water partition coefficient (Wildman–Crippen LogP) is 5.00. The summed E-state index contributed by atoms with van der Waals surface area (Å²) in [5.74, 6) is -1.56. The Hall–Kier alpha value is -5.28. The molecule has 2 amide bonds. The molecule has 220 valence electrons. The molecule has 0 aliphatic heterocycles. The topological polar surface area (TPSA) is 155 Å². The lowest BCUT2D eigenvalue weighted by Gasteiger charge is -2.22. The van der Waals surface area contributed by atoms with E-state index in [0.29, 0.717) is 27.9 Å². The molecule has 0 atom stereocenters. The Morgan fingerprint density at radius 3 is 2.12 bits per heavy atom.